The summed E-state index contributed by atoms with van der Waals surface area (Å²) < 4.78 is 77.3. The Kier molecular flexibility index (Phi) is 8.33. The van der Waals surface area contributed by atoms with Gasteiger partial charge >= 0.3 is 6.18 Å². The van der Waals surface area contributed by atoms with Gasteiger partial charge in [0.2, 0.25) is 11.8 Å². The Hall–Kier alpha value is -2.56. The van der Waals surface area contributed by atoms with Crippen molar-refractivity contribution in [2.24, 2.45) is 11.7 Å². The third-order valence-electron chi connectivity index (χ3n) is 5.63. The van der Waals surface area contributed by atoms with E-state index in [1.807, 2.05) is 0 Å². The first-order valence-corrected chi connectivity index (χ1v) is 10.0. The van der Waals surface area contributed by atoms with E-state index in [4.69, 9.17) is 5.73 Å². The Morgan fingerprint density at radius 1 is 1.22 bits per heavy atom. The topological polar surface area (TPSA) is 75.4 Å². The molecule has 0 radical (unpaired) electrons. The zero-order valence-corrected chi connectivity index (χ0v) is 17.6. The number of nitrogens with two attached hydrogens (primary N) is 1. The minimum absolute atomic E-state index is 0.0556. The van der Waals surface area contributed by atoms with E-state index >= 15 is 0 Å². The second-order valence-corrected chi connectivity index (χ2v) is 7.99. The number of halogens is 6. The number of alkyl halides is 3. The van der Waals surface area contributed by atoms with Crippen molar-refractivity contribution < 1.29 is 35.9 Å². The fourth-order valence-electron chi connectivity index (χ4n) is 3.69. The Bertz CT molecular complexity index is 873. The number of hydrogen-bond acceptors (Lipinski definition) is 3. The highest BCUT2D eigenvalue weighted by molar-refractivity contribution is 5.95. The fraction of sp³-hybridized carbons (Fsp3) is 0.524. The minimum Gasteiger partial charge on any atom is -0.336 e. The number of rotatable bonds is 6. The normalized spacial score (nSPS) is 18.7. The molecular weight excluding hydrogens is 440 g/mol. The maximum absolute atomic E-state index is 14.5. The lowest BCUT2D eigenvalue weighted by Crippen LogP contribution is -2.43. The van der Waals surface area contributed by atoms with E-state index in [0.29, 0.717) is 17.7 Å². The molecule has 5 nitrogen and oxygen atoms in total. The van der Waals surface area contributed by atoms with Crippen molar-refractivity contribution in [3.63, 3.8) is 0 Å². The van der Waals surface area contributed by atoms with Crippen molar-refractivity contribution in [2.75, 3.05) is 18.9 Å². The van der Waals surface area contributed by atoms with Gasteiger partial charge in [-0.3, -0.25) is 9.59 Å². The molecule has 2 amide bonds. The van der Waals surface area contributed by atoms with Crippen LogP contribution in [0.2, 0.25) is 0 Å². The van der Waals surface area contributed by atoms with E-state index in [-0.39, 0.29) is 35.6 Å². The average molecular weight is 465 g/mol. The molecule has 178 valence electrons. The van der Waals surface area contributed by atoms with E-state index in [1.54, 1.807) is 0 Å². The predicted octanol–water partition coefficient (Wildman–Crippen LogP) is 4.56. The average Bonchev–Trinajstić information content (AvgIpc) is 2.72. The van der Waals surface area contributed by atoms with Gasteiger partial charge < -0.3 is 16.0 Å². The molecule has 0 spiro atoms. The largest absolute Gasteiger partial charge is 0.406 e. The molecular formula is C21H25F6N3O2. The number of likely N-dealkylation sites (N-methyl/N-ethyl adjacent to an activating group) is 1. The Morgan fingerprint density at radius 2 is 1.81 bits per heavy atom. The van der Waals surface area contributed by atoms with Gasteiger partial charge in [0.05, 0.1) is 17.6 Å². The molecule has 0 aromatic heterocycles. The molecule has 1 saturated carbocycles. The van der Waals surface area contributed by atoms with Crippen LogP contribution in [0, 0.1) is 11.7 Å². The fourth-order valence-corrected chi connectivity index (χ4v) is 3.69. The van der Waals surface area contributed by atoms with Crippen LogP contribution in [0.5, 0.6) is 0 Å². The third kappa shape index (κ3) is 6.72. The molecule has 1 aliphatic rings. The van der Waals surface area contributed by atoms with Crippen LogP contribution in [0.25, 0.3) is 0 Å². The number of amides is 2. The monoisotopic (exact) mass is 465 g/mol. The summed E-state index contributed by atoms with van der Waals surface area (Å²) in [6.07, 6.45) is -5.35. The predicted molar refractivity (Wildman–Crippen MR) is 106 cm³/mol. The lowest BCUT2D eigenvalue weighted by Gasteiger charge is -2.27. The first-order chi connectivity index (χ1) is 14.8. The number of benzene rings is 1. The van der Waals surface area contributed by atoms with Gasteiger partial charge in [-0.25, -0.2) is 4.39 Å². The molecule has 0 heterocycles. The SMILES string of the molecule is C[C@H](C(=O)N(C)CC(F)(F)F)c1ccc(NC(=O)[C@@H](N)C2CCC(=C(F)F)CC2)c(F)c1. The van der Waals surface area contributed by atoms with E-state index in [1.165, 1.54) is 19.1 Å². The maximum atomic E-state index is 14.5. The first kappa shape index (κ1) is 25.7. The molecule has 32 heavy (non-hydrogen) atoms. The second kappa shape index (κ2) is 10.4. The summed E-state index contributed by atoms with van der Waals surface area (Å²) in [4.78, 5) is 25.1. The van der Waals surface area contributed by atoms with E-state index < -0.39 is 48.4 Å². The summed E-state index contributed by atoms with van der Waals surface area (Å²) in [6, 6.07) is 2.47. The molecule has 1 fully saturated rings. The quantitative estimate of drug-likeness (QED) is 0.605. The number of hydrogen-bond donors (Lipinski definition) is 2. The van der Waals surface area contributed by atoms with Crippen molar-refractivity contribution in [2.45, 2.75) is 50.7 Å². The van der Waals surface area contributed by atoms with Gasteiger partial charge in [0.1, 0.15) is 12.4 Å². The molecule has 1 aliphatic carbocycles. The number of carbonyl (C=O) groups excluding carboxylic acids is 2. The molecule has 2 atom stereocenters. The van der Waals surface area contributed by atoms with Crippen molar-refractivity contribution in [1.29, 1.82) is 0 Å². The molecule has 0 unspecified atom stereocenters. The number of carbonyl (C=O) groups is 2. The molecule has 11 heteroatoms. The van der Waals surface area contributed by atoms with Gasteiger partial charge in [-0.05, 0) is 61.8 Å². The molecule has 0 saturated heterocycles. The number of anilines is 1. The van der Waals surface area contributed by atoms with E-state index in [2.05, 4.69) is 5.32 Å². The first-order valence-electron chi connectivity index (χ1n) is 10.0. The van der Waals surface area contributed by atoms with E-state index in [9.17, 15) is 35.9 Å². The molecule has 1 aromatic rings. The molecule has 3 N–H and O–H groups in total. The molecule has 0 bridgehead atoms. The minimum atomic E-state index is -4.56. The lowest BCUT2D eigenvalue weighted by molar-refractivity contribution is -0.159. The van der Waals surface area contributed by atoms with Gasteiger partial charge in [-0.1, -0.05) is 6.07 Å². The summed E-state index contributed by atoms with van der Waals surface area (Å²) in [5, 5.41) is 2.35. The van der Waals surface area contributed by atoms with Gasteiger partial charge in [0, 0.05) is 7.05 Å². The van der Waals surface area contributed by atoms with Crippen LogP contribution in [0.4, 0.5) is 32.0 Å². The number of nitrogens with zero attached hydrogens (tertiary/aromatic N) is 1. The zero-order valence-electron chi connectivity index (χ0n) is 17.6. The van der Waals surface area contributed by atoms with Crippen LogP contribution in [0.3, 0.4) is 0 Å². The Morgan fingerprint density at radius 3 is 2.31 bits per heavy atom. The summed E-state index contributed by atoms with van der Waals surface area (Å²) >= 11 is 0. The smallest absolute Gasteiger partial charge is 0.336 e. The van der Waals surface area contributed by atoms with Gasteiger partial charge in [-0.15, -0.1) is 0 Å². The highest BCUT2D eigenvalue weighted by Crippen LogP contribution is 2.33. The molecule has 0 aliphatic heterocycles. The van der Waals surface area contributed by atoms with Crippen LogP contribution >= 0.6 is 0 Å². The Labute approximate surface area is 181 Å². The van der Waals surface area contributed by atoms with Crippen molar-refractivity contribution >= 4 is 17.5 Å². The van der Waals surface area contributed by atoms with Crippen molar-refractivity contribution in [1.82, 2.24) is 4.90 Å². The third-order valence-corrected chi connectivity index (χ3v) is 5.63. The Balaban J connectivity index is 2.01. The summed E-state index contributed by atoms with van der Waals surface area (Å²) in [7, 11) is 1.00. The number of nitrogens with one attached hydrogen (secondary N) is 1. The maximum Gasteiger partial charge on any atom is 0.406 e. The van der Waals surface area contributed by atoms with Gasteiger partial charge in [0.15, 0.2) is 0 Å². The summed E-state index contributed by atoms with van der Waals surface area (Å²) in [5.74, 6) is -3.76. The number of allylic oxidation sites excluding steroid dienone is 1. The summed E-state index contributed by atoms with van der Waals surface area (Å²) in [6.45, 7) is -0.0781. The van der Waals surface area contributed by atoms with Crippen LogP contribution in [0.15, 0.2) is 29.9 Å². The van der Waals surface area contributed by atoms with Crippen molar-refractivity contribution in [3.05, 3.63) is 41.2 Å². The van der Waals surface area contributed by atoms with Gasteiger partial charge in [0.25, 0.3) is 6.08 Å². The lowest BCUT2D eigenvalue weighted by atomic mass is 9.81. The molecule has 2 rings (SSSR count). The molecule has 1 aromatic carbocycles. The van der Waals surface area contributed by atoms with Crippen LogP contribution in [0.1, 0.15) is 44.1 Å². The van der Waals surface area contributed by atoms with E-state index in [0.717, 1.165) is 13.1 Å². The second-order valence-electron chi connectivity index (χ2n) is 7.99. The highest BCUT2D eigenvalue weighted by Gasteiger charge is 2.33. The standard InChI is InChI=1S/C21H25F6N3O2/c1-11(20(32)30(2)10-21(25,26)27)14-7-8-16(15(22)9-14)29-19(31)17(28)12-3-5-13(6-4-12)18(23)24/h7-9,11-12,17H,3-6,10,28H2,1-2H3,(H,29,31)/t11-,17-/m0/s1. The summed E-state index contributed by atoms with van der Waals surface area (Å²) in [5.41, 5.74) is 5.93. The van der Waals surface area contributed by atoms with Crippen LogP contribution < -0.4 is 11.1 Å². The van der Waals surface area contributed by atoms with Crippen molar-refractivity contribution in [3.8, 4) is 0 Å². The van der Waals surface area contributed by atoms with Gasteiger partial charge in [-0.2, -0.15) is 22.0 Å². The van der Waals surface area contributed by atoms with Crippen LogP contribution in [-0.2, 0) is 9.59 Å². The van der Waals surface area contributed by atoms with Crippen LogP contribution in [-0.4, -0.2) is 42.5 Å². The highest BCUT2D eigenvalue weighted by atomic mass is 19.4. The zero-order chi connectivity index (χ0) is 24.2.